The number of carbonyl (C=O) groups excluding carboxylic acids is 2. The average Bonchev–Trinajstić information content (AvgIpc) is 2.78. The molecule has 2 unspecified atom stereocenters. The van der Waals surface area contributed by atoms with Crippen molar-refractivity contribution in [2.45, 2.75) is 96.3 Å². The number of rotatable bonds is 3. The van der Waals surface area contributed by atoms with E-state index in [2.05, 4.69) is 0 Å². The van der Waals surface area contributed by atoms with Gasteiger partial charge in [-0.1, -0.05) is 30.3 Å². The van der Waals surface area contributed by atoms with E-state index >= 15 is 0 Å². The fourth-order valence-electron chi connectivity index (χ4n) is 4.25. The standard InChI is InChI=1S/C18H25F2NO2.C10H18F2N2O2/c1-17(2,3)23-16(22)21-12-11-15(18(19,20)13-21)10-9-14-7-5-4-6-8-14;1-9(2,3)16-8(15)14-5-4-7(13)10(11,12)6-14/h4-8,15H,9-13H2,1-3H3;7H,4-6,13H2,1-3H3. The number of aryl methyl sites for hydroxylation is 1. The Balaban J connectivity index is 0.000000293. The summed E-state index contributed by atoms with van der Waals surface area (Å²) in [6.07, 6.45) is 0.0932. The largest absolute Gasteiger partial charge is 0.444 e. The topological polar surface area (TPSA) is 85.1 Å². The van der Waals surface area contributed by atoms with E-state index in [1.54, 1.807) is 41.5 Å². The van der Waals surface area contributed by atoms with Crippen LogP contribution in [0.25, 0.3) is 0 Å². The number of likely N-dealkylation sites (tertiary alicyclic amines) is 2. The summed E-state index contributed by atoms with van der Waals surface area (Å²) in [5, 5.41) is 0. The Bertz CT molecular complexity index is 948. The van der Waals surface area contributed by atoms with Crippen LogP contribution in [0.15, 0.2) is 30.3 Å². The van der Waals surface area contributed by atoms with Crippen molar-refractivity contribution >= 4 is 12.2 Å². The predicted molar refractivity (Wildman–Crippen MR) is 141 cm³/mol. The van der Waals surface area contributed by atoms with Crippen molar-refractivity contribution in [3.63, 3.8) is 0 Å². The van der Waals surface area contributed by atoms with Gasteiger partial charge in [-0.3, -0.25) is 0 Å². The van der Waals surface area contributed by atoms with E-state index in [-0.39, 0.29) is 13.0 Å². The molecule has 2 atom stereocenters. The van der Waals surface area contributed by atoms with Crippen LogP contribution in [0.2, 0.25) is 0 Å². The van der Waals surface area contributed by atoms with Gasteiger partial charge in [0.1, 0.15) is 11.2 Å². The third-order valence-corrected chi connectivity index (χ3v) is 6.33. The molecule has 11 heteroatoms. The van der Waals surface area contributed by atoms with E-state index in [1.165, 1.54) is 0 Å². The molecule has 0 radical (unpaired) electrons. The van der Waals surface area contributed by atoms with Gasteiger partial charge in [-0.05, 0) is 72.8 Å². The number of ether oxygens (including phenoxy) is 2. The molecule has 39 heavy (non-hydrogen) atoms. The van der Waals surface area contributed by atoms with Crippen LogP contribution in [0.1, 0.15) is 66.4 Å². The molecule has 0 aromatic heterocycles. The lowest BCUT2D eigenvalue weighted by atomic mass is 9.87. The van der Waals surface area contributed by atoms with Gasteiger partial charge in [0, 0.05) is 19.0 Å². The zero-order chi connectivity index (χ0) is 29.6. The summed E-state index contributed by atoms with van der Waals surface area (Å²) in [4.78, 5) is 25.6. The van der Waals surface area contributed by atoms with Gasteiger partial charge in [0.25, 0.3) is 11.8 Å². The lowest BCUT2D eigenvalue weighted by Gasteiger charge is -2.38. The normalized spacial score (nSPS) is 22.8. The summed E-state index contributed by atoms with van der Waals surface area (Å²) >= 11 is 0. The molecular formula is C28H43F4N3O4. The number of halogens is 4. The zero-order valence-electron chi connectivity index (χ0n) is 23.8. The van der Waals surface area contributed by atoms with Crippen LogP contribution in [-0.4, -0.2) is 77.3 Å². The lowest BCUT2D eigenvalue weighted by molar-refractivity contribution is -0.112. The monoisotopic (exact) mass is 561 g/mol. The minimum absolute atomic E-state index is 0.0895. The summed E-state index contributed by atoms with van der Waals surface area (Å²) in [7, 11) is 0. The van der Waals surface area contributed by atoms with Gasteiger partial charge in [-0.2, -0.15) is 0 Å². The first kappa shape index (κ1) is 32.7. The molecule has 0 bridgehead atoms. The van der Waals surface area contributed by atoms with Crippen molar-refractivity contribution in [2.75, 3.05) is 26.2 Å². The number of benzene rings is 1. The summed E-state index contributed by atoms with van der Waals surface area (Å²) < 4.78 is 65.5. The summed E-state index contributed by atoms with van der Waals surface area (Å²) in [6.45, 7) is 9.59. The number of piperidine rings is 2. The highest BCUT2D eigenvalue weighted by molar-refractivity contribution is 5.68. The number of nitrogens with zero attached hydrogens (tertiary/aromatic N) is 2. The van der Waals surface area contributed by atoms with Crippen LogP contribution < -0.4 is 5.73 Å². The van der Waals surface area contributed by atoms with Crippen LogP contribution in [0.3, 0.4) is 0 Å². The van der Waals surface area contributed by atoms with Crippen molar-refractivity contribution in [2.24, 2.45) is 11.7 Å². The van der Waals surface area contributed by atoms with Crippen molar-refractivity contribution in [1.82, 2.24) is 9.80 Å². The summed E-state index contributed by atoms with van der Waals surface area (Å²) in [5.74, 6) is -6.60. The molecular weight excluding hydrogens is 518 g/mol. The maximum atomic E-state index is 14.4. The third-order valence-electron chi connectivity index (χ3n) is 6.33. The quantitative estimate of drug-likeness (QED) is 0.451. The van der Waals surface area contributed by atoms with Crippen LogP contribution in [-0.2, 0) is 15.9 Å². The molecule has 2 fully saturated rings. The van der Waals surface area contributed by atoms with E-state index in [4.69, 9.17) is 15.2 Å². The van der Waals surface area contributed by atoms with Crippen LogP contribution in [0.4, 0.5) is 27.2 Å². The molecule has 2 N–H and O–H groups in total. The van der Waals surface area contributed by atoms with Crippen molar-refractivity contribution in [3.8, 4) is 0 Å². The van der Waals surface area contributed by atoms with Gasteiger partial charge in [0.2, 0.25) is 0 Å². The maximum absolute atomic E-state index is 14.4. The van der Waals surface area contributed by atoms with Crippen LogP contribution in [0.5, 0.6) is 0 Å². The highest BCUT2D eigenvalue weighted by Crippen LogP contribution is 2.36. The SMILES string of the molecule is CC(C)(C)OC(=O)N1CCC(CCc2ccccc2)C(F)(F)C1.CC(C)(C)OC(=O)N1CCC(N)C(F)(F)C1. The Morgan fingerprint density at radius 3 is 1.74 bits per heavy atom. The second-order valence-corrected chi connectivity index (χ2v) is 12.2. The first-order chi connectivity index (χ1) is 17.8. The molecule has 2 saturated heterocycles. The van der Waals surface area contributed by atoms with Gasteiger partial charge in [0.15, 0.2) is 0 Å². The van der Waals surface area contributed by atoms with Gasteiger partial charge in [-0.25, -0.2) is 27.2 Å². The molecule has 3 rings (SSSR count). The highest BCUT2D eigenvalue weighted by atomic mass is 19.3. The molecule has 0 spiro atoms. The van der Waals surface area contributed by atoms with E-state index in [0.29, 0.717) is 25.8 Å². The molecule has 222 valence electrons. The second-order valence-electron chi connectivity index (χ2n) is 12.2. The Labute approximate surface area is 229 Å². The van der Waals surface area contributed by atoms with Crippen LogP contribution >= 0.6 is 0 Å². The Morgan fingerprint density at radius 2 is 1.31 bits per heavy atom. The van der Waals surface area contributed by atoms with E-state index < -0.39 is 60.3 Å². The van der Waals surface area contributed by atoms with Gasteiger partial charge >= 0.3 is 12.2 Å². The Kier molecular flexibility index (Phi) is 10.7. The van der Waals surface area contributed by atoms with E-state index in [9.17, 15) is 27.2 Å². The number of alkyl halides is 4. The molecule has 2 heterocycles. The minimum Gasteiger partial charge on any atom is -0.444 e. The van der Waals surface area contributed by atoms with Crippen LogP contribution in [0, 0.1) is 5.92 Å². The predicted octanol–water partition coefficient (Wildman–Crippen LogP) is 6.10. The lowest BCUT2D eigenvalue weighted by Crippen LogP contribution is -2.57. The Hall–Kier alpha value is -2.56. The van der Waals surface area contributed by atoms with E-state index in [0.717, 1.165) is 15.4 Å². The highest BCUT2D eigenvalue weighted by Gasteiger charge is 2.46. The first-order valence-corrected chi connectivity index (χ1v) is 13.3. The van der Waals surface area contributed by atoms with E-state index in [1.807, 2.05) is 30.3 Å². The molecule has 1 aromatic carbocycles. The molecule has 2 aliphatic rings. The number of hydrogen-bond acceptors (Lipinski definition) is 5. The fraction of sp³-hybridized carbons (Fsp3) is 0.714. The molecule has 1 aromatic rings. The second kappa shape index (κ2) is 12.7. The summed E-state index contributed by atoms with van der Waals surface area (Å²) in [5.41, 5.74) is 5.00. The van der Waals surface area contributed by atoms with Crippen molar-refractivity contribution in [3.05, 3.63) is 35.9 Å². The molecule has 2 amide bonds. The number of nitrogens with two attached hydrogens (primary N) is 1. The first-order valence-electron chi connectivity index (χ1n) is 13.3. The smallest absolute Gasteiger partial charge is 0.410 e. The summed E-state index contributed by atoms with van der Waals surface area (Å²) in [6, 6.07) is 8.47. The van der Waals surface area contributed by atoms with Gasteiger partial charge in [-0.15, -0.1) is 0 Å². The molecule has 7 nitrogen and oxygen atoms in total. The molecule has 2 aliphatic heterocycles. The van der Waals surface area contributed by atoms with Gasteiger partial charge in [0.05, 0.1) is 19.1 Å². The Morgan fingerprint density at radius 1 is 0.846 bits per heavy atom. The van der Waals surface area contributed by atoms with Crippen molar-refractivity contribution < 1.29 is 36.6 Å². The maximum Gasteiger partial charge on any atom is 0.410 e. The number of hydrogen-bond donors (Lipinski definition) is 1. The molecule has 0 aliphatic carbocycles. The fourth-order valence-corrected chi connectivity index (χ4v) is 4.25. The number of carbonyl (C=O) groups is 2. The van der Waals surface area contributed by atoms with Gasteiger partial charge < -0.3 is 25.0 Å². The zero-order valence-corrected chi connectivity index (χ0v) is 23.8. The van der Waals surface area contributed by atoms with Crippen molar-refractivity contribution in [1.29, 1.82) is 0 Å². The minimum atomic E-state index is -3.03. The molecule has 0 saturated carbocycles. The third kappa shape index (κ3) is 10.8. The average molecular weight is 562 g/mol. The number of amides is 2.